The van der Waals surface area contributed by atoms with Crippen LogP contribution in [0.25, 0.3) is 6.08 Å². The van der Waals surface area contributed by atoms with Gasteiger partial charge in [-0.2, -0.15) is 0 Å². The van der Waals surface area contributed by atoms with Gasteiger partial charge in [0.15, 0.2) is 5.13 Å². The number of halogens is 1. The maximum atomic E-state index is 12.0. The molecule has 0 atom stereocenters. The number of rotatable bonds is 5. The molecule has 6 heteroatoms. The van der Waals surface area contributed by atoms with Crippen molar-refractivity contribution in [2.75, 3.05) is 5.32 Å². The van der Waals surface area contributed by atoms with Gasteiger partial charge in [0.1, 0.15) is 0 Å². The van der Waals surface area contributed by atoms with Gasteiger partial charge in [-0.1, -0.05) is 35.9 Å². The van der Waals surface area contributed by atoms with Gasteiger partial charge in [-0.05, 0) is 36.3 Å². The molecular weight excluding hydrogens is 354 g/mol. The molecular formula is C19H16ClN3OS. The summed E-state index contributed by atoms with van der Waals surface area (Å²) in [5, 5.41) is 4.12. The van der Waals surface area contributed by atoms with Crippen LogP contribution >= 0.6 is 22.9 Å². The van der Waals surface area contributed by atoms with Crippen molar-refractivity contribution in [3.63, 3.8) is 0 Å². The van der Waals surface area contributed by atoms with E-state index in [9.17, 15) is 4.79 Å². The molecule has 0 aliphatic heterocycles. The zero-order valence-corrected chi connectivity index (χ0v) is 15.1. The molecule has 2 heterocycles. The lowest BCUT2D eigenvalue weighted by Crippen LogP contribution is -2.07. The summed E-state index contributed by atoms with van der Waals surface area (Å²) < 4.78 is 0. The van der Waals surface area contributed by atoms with Crippen molar-refractivity contribution >= 4 is 40.1 Å². The molecule has 25 heavy (non-hydrogen) atoms. The van der Waals surface area contributed by atoms with Crippen LogP contribution in [0.15, 0.2) is 54.9 Å². The van der Waals surface area contributed by atoms with Crippen LogP contribution in [0.5, 0.6) is 0 Å². The van der Waals surface area contributed by atoms with Crippen LogP contribution in [-0.2, 0) is 11.2 Å². The predicted octanol–water partition coefficient (Wildman–Crippen LogP) is 4.74. The molecule has 0 spiro atoms. The van der Waals surface area contributed by atoms with Crippen molar-refractivity contribution in [3.05, 3.63) is 81.6 Å². The van der Waals surface area contributed by atoms with E-state index in [4.69, 9.17) is 11.6 Å². The lowest BCUT2D eigenvalue weighted by molar-refractivity contribution is -0.111. The Kier molecular flexibility index (Phi) is 5.58. The molecule has 1 aromatic carbocycles. The van der Waals surface area contributed by atoms with Gasteiger partial charge in [0.2, 0.25) is 5.91 Å². The summed E-state index contributed by atoms with van der Waals surface area (Å²) in [4.78, 5) is 21.6. The number of thiazole rings is 1. The number of anilines is 1. The number of hydrogen-bond acceptors (Lipinski definition) is 4. The van der Waals surface area contributed by atoms with Crippen LogP contribution in [0.4, 0.5) is 5.13 Å². The highest BCUT2D eigenvalue weighted by Gasteiger charge is 2.11. The fourth-order valence-electron chi connectivity index (χ4n) is 2.25. The monoisotopic (exact) mass is 369 g/mol. The van der Waals surface area contributed by atoms with Crippen LogP contribution < -0.4 is 5.32 Å². The molecule has 0 saturated carbocycles. The zero-order chi connectivity index (χ0) is 17.6. The average Bonchev–Trinajstić information content (AvgIpc) is 2.95. The van der Waals surface area contributed by atoms with Crippen molar-refractivity contribution in [2.24, 2.45) is 0 Å². The lowest BCUT2D eigenvalue weighted by Gasteiger charge is -2.02. The zero-order valence-electron chi connectivity index (χ0n) is 13.6. The number of nitrogens with zero attached hydrogens (tertiary/aromatic N) is 2. The van der Waals surface area contributed by atoms with Crippen LogP contribution in [0.3, 0.4) is 0 Å². The van der Waals surface area contributed by atoms with E-state index >= 15 is 0 Å². The first kappa shape index (κ1) is 17.3. The number of hydrogen-bond donors (Lipinski definition) is 1. The van der Waals surface area contributed by atoms with Crippen molar-refractivity contribution in [1.29, 1.82) is 0 Å². The molecule has 126 valence electrons. The third-order valence-corrected chi connectivity index (χ3v) is 4.98. The molecule has 1 amide bonds. The summed E-state index contributed by atoms with van der Waals surface area (Å²) in [5.41, 5.74) is 2.81. The van der Waals surface area contributed by atoms with E-state index in [1.807, 2.05) is 43.3 Å². The third-order valence-electron chi connectivity index (χ3n) is 3.54. The van der Waals surface area contributed by atoms with Crippen LogP contribution in [0.2, 0.25) is 5.02 Å². The topological polar surface area (TPSA) is 54.9 Å². The smallest absolute Gasteiger partial charge is 0.250 e. The first-order valence-corrected chi connectivity index (χ1v) is 8.90. The molecule has 0 radical (unpaired) electrons. The molecule has 0 fully saturated rings. The largest absolute Gasteiger partial charge is 0.298 e. The van der Waals surface area contributed by atoms with Gasteiger partial charge in [0, 0.05) is 34.8 Å². The summed E-state index contributed by atoms with van der Waals surface area (Å²) in [6.07, 6.45) is 7.27. The lowest BCUT2D eigenvalue weighted by atomic mass is 10.1. The molecule has 0 aliphatic rings. The van der Waals surface area contributed by atoms with E-state index in [1.165, 1.54) is 17.4 Å². The molecule has 0 unspecified atom stereocenters. The second-order valence-electron chi connectivity index (χ2n) is 5.40. The van der Waals surface area contributed by atoms with Gasteiger partial charge in [0.05, 0.1) is 5.69 Å². The molecule has 0 bridgehead atoms. The quantitative estimate of drug-likeness (QED) is 0.661. The minimum atomic E-state index is -0.220. The molecule has 2 aromatic heterocycles. The third kappa shape index (κ3) is 4.75. The van der Waals surface area contributed by atoms with Crippen molar-refractivity contribution in [1.82, 2.24) is 9.97 Å². The Balaban J connectivity index is 1.67. The fourth-order valence-corrected chi connectivity index (χ4v) is 3.44. The summed E-state index contributed by atoms with van der Waals surface area (Å²) in [5.74, 6) is -0.220. The second kappa shape index (κ2) is 8.05. The first-order chi connectivity index (χ1) is 12.1. The standard InChI is InChI=1S/C19H16ClN3OS/c1-13-17(11-15-6-2-3-7-16(15)20)25-19(22-13)23-18(24)9-8-14-5-4-10-21-12-14/h2-10,12H,11H2,1H3,(H,22,23,24)/b9-8+. The minimum Gasteiger partial charge on any atom is -0.298 e. The summed E-state index contributed by atoms with van der Waals surface area (Å²) in [6.45, 7) is 1.93. The number of pyridine rings is 1. The van der Waals surface area contributed by atoms with E-state index in [2.05, 4.69) is 15.3 Å². The van der Waals surface area contributed by atoms with E-state index in [1.54, 1.807) is 18.5 Å². The molecule has 0 aliphatic carbocycles. The maximum absolute atomic E-state index is 12.0. The van der Waals surface area contributed by atoms with E-state index in [0.717, 1.165) is 26.7 Å². The van der Waals surface area contributed by atoms with Gasteiger partial charge in [-0.3, -0.25) is 15.1 Å². The van der Waals surface area contributed by atoms with Crippen LogP contribution in [0.1, 0.15) is 21.7 Å². The highest BCUT2D eigenvalue weighted by atomic mass is 35.5. The number of carbonyl (C=O) groups excluding carboxylic acids is 1. The molecule has 3 aromatic rings. The Hall–Kier alpha value is -2.50. The number of aromatic nitrogens is 2. The Morgan fingerprint density at radius 1 is 1.28 bits per heavy atom. The highest BCUT2D eigenvalue weighted by Crippen LogP contribution is 2.27. The van der Waals surface area contributed by atoms with Crippen molar-refractivity contribution in [3.8, 4) is 0 Å². The Morgan fingerprint density at radius 2 is 2.12 bits per heavy atom. The first-order valence-electron chi connectivity index (χ1n) is 7.70. The highest BCUT2D eigenvalue weighted by molar-refractivity contribution is 7.15. The molecule has 4 nitrogen and oxygen atoms in total. The number of nitrogens with one attached hydrogen (secondary N) is 1. The van der Waals surface area contributed by atoms with Crippen molar-refractivity contribution < 1.29 is 4.79 Å². The summed E-state index contributed by atoms with van der Waals surface area (Å²) in [6, 6.07) is 11.4. The SMILES string of the molecule is Cc1nc(NC(=O)/C=C/c2cccnc2)sc1Cc1ccccc1Cl. The normalized spacial score (nSPS) is 11.0. The number of carbonyl (C=O) groups is 1. The van der Waals surface area contributed by atoms with Gasteiger partial charge in [-0.15, -0.1) is 11.3 Å². The van der Waals surface area contributed by atoms with Crippen LogP contribution in [0, 0.1) is 6.92 Å². The second-order valence-corrected chi connectivity index (χ2v) is 6.90. The number of aryl methyl sites for hydroxylation is 1. The van der Waals surface area contributed by atoms with E-state index in [-0.39, 0.29) is 5.91 Å². The van der Waals surface area contributed by atoms with Gasteiger partial charge in [-0.25, -0.2) is 4.98 Å². The average molecular weight is 370 g/mol. The molecule has 1 N–H and O–H groups in total. The molecule has 0 saturated heterocycles. The Bertz CT molecular complexity index is 906. The van der Waals surface area contributed by atoms with Crippen LogP contribution in [-0.4, -0.2) is 15.9 Å². The molecule has 3 rings (SSSR count). The van der Waals surface area contributed by atoms with Gasteiger partial charge < -0.3 is 0 Å². The minimum absolute atomic E-state index is 0.220. The van der Waals surface area contributed by atoms with E-state index in [0.29, 0.717) is 11.6 Å². The summed E-state index contributed by atoms with van der Waals surface area (Å²) >= 11 is 7.68. The number of benzene rings is 1. The maximum Gasteiger partial charge on any atom is 0.250 e. The van der Waals surface area contributed by atoms with E-state index < -0.39 is 0 Å². The Labute approximate surface area is 155 Å². The van der Waals surface area contributed by atoms with Gasteiger partial charge >= 0.3 is 0 Å². The van der Waals surface area contributed by atoms with Gasteiger partial charge in [0.25, 0.3) is 0 Å². The number of amides is 1. The predicted molar refractivity (Wildman–Crippen MR) is 103 cm³/mol. The van der Waals surface area contributed by atoms with Crippen molar-refractivity contribution in [2.45, 2.75) is 13.3 Å². The summed E-state index contributed by atoms with van der Waals surface area (Å²) in [7, 11) is 0. The Morgan fingerprint density at radius 3 is 2.88 bits per heavy atom. The fraction of sp³-hybridized carbons (Fsp3) is 0.105.